The van der Waals surface area contributed by atoms with Gasteiger partial charge in [-0.05, 0) is 12.8 Å². The van der Waals surface area contributed by atoms with E-state index >= 15 is 0 Å². The van der Waals surface area contributed by atoms with E-state index in [0.29, 0.717) is 0 Å². The minimum absolute atomic E-state index is 0.00496. The van der Waals surface area contributed by atoms with Crippen LogP contribution >= 0.6 is 69.6 Å². The Morgan fingerprint density at radius 2 is 1.42 bits per heavy atom. The van der Waals surface area contributed by atoms with Gasteiger partial charge in [-0.25, -0.2) is 0 Å². The highest BCUT2D eigenvalue weighted by atomic mass is 35.5. The number of hydrogen-bond donors (Lipinski definition) is 1. The molecule has 0 aliphatic heterocycles. The van der Waals surface area contributed by atoms with Crippen molar-refractivity contribution in [2.45, 2.75) is 52.2 Å². The van der Waals surface area contributed by atoms with Gasteiger partial charge in [-0.15, -0.1) is 23.2 Å². The molecule has 0 aromatic rings. The normalized spacial score (nSPS) is 39.3. The summed E-state index contributed by atoms with van der Waals surface area (Å²) in [4.78, 5) is 23.0. The van der Waals surface area contributed by atoms with Gasteiger partial charge in [-0.3, -0.25) is 9.59 Å². The zero-order chi connectivity index (χ0) is 19.7. The molecule has 2 bridgehead atoms. The molecule has 0 radical (unpaired) electrons. The van der Waals surface area contributed by atoms with Gasteiger partial charge in [-0.1, -0.05) is 65.7 Å². The molecule has 1 N–H and O–H groups in total. The van der Waals surface area contributed by atoms with Gasteiger partial charge in [-0.2, -0.15) is 0 Å². The first-order chi connectivity index (χ1) is 11.9. The van der Waals surface area contributed by atoms with E-state index in [0.717, 1.165) is 32.1 Å². The first-order valence-corrected chi connectivity index (χ1v) is 10.5. The van der Waals surface area contributed by atoms with Crippen molar-refractivity contribution < 1.29 is 14.7 Å². The maximum Gasteiger partial charge on any atom is 0.309 e. The topological polar surface area (TPSA) is 57.6 Å². The number of carboxylic acid groups (broad SMARTS) is 1. The maximum atomic E-state index is 13.3. The summed E-state index contributed by atoms with van der Waals surface area (Å²) in [5.74, 6) is -4.69. The molecular weight excluding hydrogens is 467 g/mol. The fraction of sp³-hybridized carbons (Fsp3) is 0.750. The number of carboxylic acids is 1. The van der Waals surface area contributed by atoms with Crippen molar-refractivity contribution in [3.8, 4) is 0 Å². The van der Waals surface area contributed by atoms with Crippen LogP contribution in [0, 0.1) is 11.8 Å². The van der Waals surface area contributed by atoms with Crippen LogP contribution in [0.1, 0.15) is 32.1 Å². The third-order valence-corrected chi connectivity index (χ3v) is 10.2. The summed E-state index contributed by atoms with van der Waals surface area (Å²) < 4.78 is -2.06. The molecule has 0 unspecified atom stereocenters. The Kier molecular flexibility index (Phi) is 5.48. The molecule has 0 heterocycles. The van der Waals surface area contributed by atoms with Crippen LogP contribution in [0.3, 0.4) is 0 Å². The Balaban J connectivity index is 2.08. The van der Waals surface area contributed by atoms with Crippen LogP contribution in [0.15, 0.2) is 10.1 Å². The number of aliphatic carboxylic acids is 1. The molecule has 3 rings (SSSR count). The van der Waals surface area contributed by atoms with E-state index in [1.54, 1.807) is 7.05 Å². The fourth-order valence-corrected chi connectivity index (χ4v) is 7.41. The van der Waals surface area contributed by atoms with Crippen molar-refractivity contribution in [3.05, 3.63) is 10.1 Å². The molecule has 1 amide bonds. The van der Waals surface area contributed by atoms with Gasteiger partial charge in [0.05, 0.1) is 21.9 Å². The lowest BCUT2D eigenvalue weighted by Crippen LogP contribution is -2.52. The second kappa shape index (κ2) is 6.74. The molecule has 10 heteroatoms. The monoisotopic (exact) mass is 481 g/mol. The summed E-state index contributed by atoms with van der Waals surface area (Å²) in [7, 11) is 1.63. The molecule has 0 aromatic heterocycles. The molecule has 0 saturated heterocycles. The van der Waals surface area contributed by atoms with E-state index in [9.17, 15) is 14.7 Å². The molecule has 0 aromatic carbocycles. The molecule has 2 saturated carbocycles. The number of carbonyl (C=O) groups is 2. The van der Waals surface area contributed by atoms with Crippen LogP contribution in [-0.4, -0.2) is 49.1 Å². The average molecular weight is 484 g/mol. The van der Waals surface area contributed by atoms with Crippen molar-refractivity contribution in [3.63, 3.8) is 0 Å². The molecule has 2 fully saturated rings. The summed E-state index contributed by atoms with van der Waals surface area (Å²) >= 11 is 38.5. The van der Waals surface area contributed by atoms with Gasteiger partial charge in [0.25, 0.3) is 0 Å². The average Bonchev–Trinajstić information content (AvgIpc) is 2.81. The Morgan fingerprint density at radius 1 is 0.962 bits per heavy atom. The van der Waals surface area contributed by atoms with Crippen LogP contribution in [-0.2, 0) is 9.59 Å². The minimum atomic E-state index is -2.06. The van der Waals surface area contributed by atoms with E-state index in [2.05, 4.69) is 0 Å². The Labute approximate surface area is 181 Å². The van der Waals surface area contributed by atoms with E-state index in [4.69, 9.17) is 69.6 Å². The predicted molar refractivity (Wildman–Crippen MR) is 105 cm³/mol. The molecule has 0 spiro atoms. The summed E-state index contributed by atoms with van der Waals surface area (Å²) in [5.41, 5.74) is 0. The maximum absolute atomic E-state index is 13.3. The van der Waals surface area contributed by atoms with Gasteiger partial charge in [0.2, 0.25) is 5.91 Å². The van der Waals surface area contributed by atoms with Crippen LogP contribution < -0.4 is 0 Å². The van der Waals surface area contributed by atoms with E-state index in [1.165, 1.54) is 4.90 Å². The van der Waals surface area contributed by atoms with E-state index in [-0.39, 0.29) is 16.1 Å². The fourth-order valence-electron chi connectivity index (χ4n) is 4.48. The highest BCUT2D eigenvalue weighted by molar-refractivity contribution is 6.66. The van der Waals surface area contributed by atoms with Gasteiger partial charge >= 0.3 is 5.97 Å². The molecule has 3 aliphatic rings. The number of allylic oxidation sites excluding steroid dienone is 2. The highest BCUT2D eigenvalue weighted by Gasteiger charge is 2.85. The quantitative estimate of drug-likeness (QED) is 0.578. The lowest BCUT2D eigenvalue weighted by molar-refractivity contribution is -0.151. The Bertz CT molecular complexity index is 691. The number of hydrogen-bond acceptors (Lipinski definition) is 2. The van der Waals surface area contributed by atoms with Crippen molar-refractivity contribution in [2.75, 3.05) is 7.05 Å². The number of halogens is 6. The third-order valence-electron chi connectivity index (χ3n) is 5.94. The number of rotatable bonds is 3. The van der Waals surface area contributed by atoms with Crippen molar-refractivity contribution in [2.24, 2.45) is 11.8 Å². The Hall–Kier alpha value is 0.420. The minimum Gasteiger partial charge on any atom is -0.481 e. The Morgan fingerprint density at radius 3 is 1.88 bits per heavy atom. The first kappa shape index (κ1) is 21.1. The van der Waals surface area contributed by atoms with Crippen LogP contribution in [0.4, 0.5) is 0 Å². The number of carbonyl (C=O) groups excluding carboxylic acids is 1. The zero-order valence-corrected chi connectivity index (χ0v) is 18.3. The standard InChI is InChI=1S/C16H17Cl6NO3/c1-23(7-5-3-2-4-6-7)12(24)8-9(13(25)26)15(20)11(18)10(17)14(8,19)16(15,21)22/h7-9H,2-6H2,1H3,(H,25,26)/t8-,9-,14-,15-/m0/s1. The summed E-state index contributed by atoms with van der Waals surface area (Å²) in [6.45, 7) is 0. The third kappa shape index (κ3) is 2.42. The second-order valence-electron chi connectivity index (χ2n) is 7.16. The van der Waals surface area contributed by atoms with Crippen LogP contribution in [0.2, 0.25) is 0 Å². The van der Waals surface area contributed by atoms with Gasteiger partial charge in [0, 0.05) is 13.1 Å². The second-order valence-corrected chi connectivity index (χ2v) is 10.4. The largest absolute Gasteiger partial charge is 0.481 e. The number of fused-ring (bicyclic) bond motifs is 2. The van der Waals surface area contributed by atoms with Gasteiger partial charge in [0.15, 0.2) is 4.33 Å². The predicted octanol–water partition coefficient (Wildman–Crippen LogP) is 4.94. The molecule has 4 atom stereocenters. The smallest absolute Gasteiger partial charge is 0.309 e. The van der Waals surface area contributed by atoms with Crippen LogP contribution in [0.5, 0.6) is 0 Å². The molecular formula is C16H17Cl6NO3. The van der Waals surface area contributed by atoms with Crippen LogP contribution in [0.25, 0.3) is 0 Å². The zero-order valence-electron chi connectivity index (χ0n) is 13.7. The lowest BCUT2D eigenvalue weighted by atomic mass is 9.80. The summed E-state index contributed by atoms with van der Waals surface area (Å²) in [5, 5.41) is 9.41. The number of amides is 1. The van der Waals surface area contributed by atoms with E-state index in [1.807, 2.05) is 0 Å². The van der Waals surface area contributed by atoms with Crippen molar-refractivity contribution in [1.29, 1.82) is 0 Å². The highest BCUT2D eigenvalue weighted by Crippen LogP contribution is 2.76. The van der Waals surface area contributed by atoms with Gasteiger partial charge in [0.1, 0.15) is 9.75 Å². The lowest BCUT2D eigenvalue weighted by Gasteiger charge is -2.39. The molecule has 4 nitrogen and oxygen atoms in total. The first-order valence-electron chi connectivity index (χ1n) is 8.25. The molecule has 146 valence electrons. The van der Waals surface area contributed by atoms with E-state index < -0.39 is 37.8 Å². The molecule has 26 heavy (non-hydrogen) atoms. The van der Waals surface area contributed by atoms with Crippen molar-refractivity contribution in [1.82, 2.24) is 4.90 Å². The summed E-state index contributed by atoms with van der Waals surface area (Å²) in [6, 6.07) is -0.00496. The summed E-state index contributed by atoms with van der Waals surface area (Å²) in [6.07, 6.45) is 4.79. The molecule has 3 aliphatic carbocycles. The number of alkyl halides is 4. The SMILES string of the molecule is CN(C(=O)[C@@H]1[C@@H](C(=O)O)[C@]2(Cl)C(Cl)=C(Cl)[C@]1(Cl)C2(Cl)Cl)C1CCCCC1. The van der Waals surface area contributed by atoms with Gasteiger partial charge < -0.3 is 10.0 Å². The van der Waals surface area contributed by atoms with Crippen molar-refractivity contribution >= 4 is 81.5 Å². The number of nitrogens with zero attached hydrogens (tertiary/aromatic N) is 1.